The highest BCUT2D eigenvalue weighted by atomic mass is 31.2. The molecule has 378 valence electrons. The van der Waals surface area contributed by atoms with E-state index in [1.54, 1.807) is 24.3 Å². The number of hydrogen-bond acceptors (Lipinski definition) is 15. The molecule has 1 saturated carbocycles. The summed E-state index contributed by atoms with van der Waals surface area (Å²) in [6.45, 7) is 2.80. The summed E-state index contributed by atoms with van der Waals surface area (Å²) in [5.41, 5.74) is 0. The largest absolute Gasteiger partial charge is 0.472 e. The van der Waals surface area contributed by atoms with Crippen molar-refractivity contribution in [1.82, 2.24) is 0 Å². The number of allylic oxidation sites excluding steroid dienone is 6. The molecule has 65 heavy (non-hydrogen) atoms. The maximum Gasteiger partial charge on any atom is 0.472 e. The Balaban J connectivity index is 2.70. The molecule has 0 amide bonds. The van der Waals surface area contributed by atoms with Gasteiger partial charge in [-0.15, -0.1) is 0 Å². The van der Waals surface area contributed by atoms with Crippen LogP contribution in [0.4, 0.5) is 0 Å². The van der Waals surface area contributed by atoms with Gasteiger partial charge in [0.1, 0.15) is 43.2 Å². The molecule has 18 nitrogen and oxygen atoms in total. The van der Waals surface area contributed by atoms with Gasteiger partial charge in [-0.2, -0.15) is 0 Å². The summed E-state index contributed by atoms with van der Waals surface area (Å²) in [6, 6.07) is 0. The summed E-state index contributed by atoms with van der Waals surface area (Å²) < 4.78 is 49.1. The third-order valence-electron chi connectivity index (χ3n) is 10.6. The standard InChI is InChI=1S/C45H80O18P2/c1-3-5-7-8-9-10-11-12-13-14-18-21-25-31-39(49)61-37(34-60-65(57,58)63-45-42(52)40(50)41(51)44(43(45)53)62-64(54,55)56)33-59-38(48)32-26-30-36(47)29-24-20-17-15-16-19-23-28-35(46)27-22-6-4-2/h16-17,19-20,23-24,28-29,35-37,40-47,50-53H,3-15,18,21-22,25-27,30-34H2,1-2H3,(H,57,58)(H2,54,55,56)/b19-16-,20-17-,28-23+,29-24+/t35-,36-,37+,40?,41?,42?,43?,44+,45-/m0/s1. The molecular weight excluding hydrogens is 890 g/mol. The fourth-order valence-corrected chi connectivity index (χ4v) is 8.43. The lowest BCUT2D eigenvalue weighted by Crippen LogP contribution is -2.64. The second-order valence-electron chi connectivity index (χ2n) is 16.5. The van der Waals surface area contributed by atoms with Crippen LogP contribution in [-0.2, 0) is 41.8 Å². The van der Waals surface area contributed by atoms with E-state index in [9.17, 15) is 54.3 Å². The van der Waals surface area contributed by atoms with Gasteiger partial charge in [0.05, 0.1) is 18.8 Å². The lowest BCUT2D eigenvalue weighted by molar-refractivity contribution is -0.216. The third kappa shape index (κ3) is 30.8. The Bertz CT molecular complexity index is 1480. The van der Waals surface area contributed by atoms with Crippen LogP contribution < -0.4 is 0 Å². The highest BCUT2D eigenvalue weighted by molar-refractivity contribution is 7.47. The van der Waals surface area contributed by atoms with E-state index in [2.05, 4.69) is 18.4 Å². The van der Waals surface area contributed by atoms with Crippen molar-refractivity contribution in [3.8, 4) is 0 Å². The average molecular weight is 971 g/mol. The Labute approximate surface area is 385 Å². The quantitative estimate of drug-likeness (QED) is 0.0139. The van der Waals surface area contributed by atoms with Gasteiger partial charge < -0.3 is 54.8 Å². The maximum absolute atomic E-state index is 13.0. The minimum atomic E-state index is -5.39. The molecule has 1 aliphatic carbocycles. The number of unbranched alkanes of at least 4 members (excludes halogenated alkanes) is 14. The summed E-state index contributed by atoms with van der Waals surface area (Å²) in [4.78, 5) is 54.2. The zero-order valence-corrected chi connectivity index (χ0v) is 40.2. The molecular formula is C45H80O18P2. The first-order chi connectivity index (χ1) is 30.9. The molecule has 9 N–H and O–H groups in total. The van der Waals surface area contributed by atoms with Crippen molar-refractivity contribution in [2.75, 3.05) is 13.2 Å². The second kappa shape index (κ2) is 35.9. The number of phosphoric ester groups is 2. The predicted octanol–water partition coefficient (Wildman–Crippen LogP) is 6.45. The number of carbonyl (C=O) groups excluding carboxylic acids is 2. The van der Waals surface area contributed by atoms with Crippen molar-refractivity contribution in [3.63, 3.8) is 0 Å². The predicted molar refractivity (Wildman–Crippen MR) is 244 cm³/mol. The van der Waals surface area contributed by atoms with Gasteiger partial charge in [0.15, 0.2) is 6.10 Å². The van der Waals surface area contributed by atoms with Crippen LogP contribution in [0.15, 0.2) is 48.6 Å². The zero-order valence-electron chi connectivity index (χ0n) is 38.4. The summed E-state index contributed by atoms with van der Waals surface area (Å²) in [5, 5.41) is 61.4. The molecule has 1 rings (SSSR count). The minimum absolute atomic E-state index is 0.00394. The molecule has 0 radical (unpaired) electrons. The average Bonchev–Trinajstić information content (AvgIpc) is 3.25. The van der Waals surface area contributed by atoms with Crippen LogP contribution in [0.25, 0.3) is 0 Å². The number of phosphoric acid groups is 2. The smallest absolute Gasteiger partial charge is 0.462 e. The van der Waals surface area contributed by atoms with Gasteiger partial charge in [-0.1, -0.05) is 159 Å². The molecule has 0 saturated heterocycles. The molecule has 0 aromatic heterocycles. The van der Waals surface area contributed by atoms with Crippen molar-refractivity contribution >= 4 is 27.6 Å². The Morgan fingerprint density at radius 1 is 0.554 bits per heavy atom. The van der Waals surface area contributed by atoms with Crippen molar-refractivity contribution < 1.29 is 87.1 Å². The number of esters is 2. The van der Waals surface area contributed by atoms with Gasteiger partial charge in [-0.3, -0.25) is 23.2 Å². The van der Waals surface area contributed by atoms with Crippen LogP contribution in [0.1, 0.15) is 155 Å². The van der Waals surface area contributed by atoms with E-state index < -0.39 is 95.7 Å². The van der Waals surface area contributed by atoms with E-state index in [0.29, 0.717) is 12.8 Å². The van der Waals surface area contributed by atoms with Crippen LogP contribution in [0.3, 0.4) is 0 Å². The number of aliphatic hydroxyl groups excluding tert-OH is 6. The maximum atomic E-state index is 13.0. The number of aliphatic hydroxyl groups is 6. The van der Waals surface area contributed by atoms with Crippen LogP contribution in [0, 0.1) is 0 Å². The Morgan fingerprint density at radius 3 is 1.54 bits per heavy atom. The highest BCUT2D eigenvalue weighted by Gasteiger charge is 2.54. The fourth-order valence-electron chi connectivity index (χ4n) is 6.89. The van der Waals surface area contributed by atoms with Crippen LogP contribution in [0.5, 0.6) is 0 Å². The van der Waals surface area contributed by atoms with Crippen molar-refractivity contribution in [2.24, 2.45) is 0 Å². The first-order valence-corrected chi connectivity index (χ1v) is 26.4. The van der Waals surface area contributed by atoms with Crippen molar-refractivity contribution in [2.45, 2.75) is 210 Å². The molecule has 5 unspecified atom stereocenters. The van der Waals surface area contributed by atoms with E-state index in [1.165, 1.54) is 44.9 Å². The number of rotatable bonds is 38. The number of hydrogen-bond donors (Lipinski definition) is 9. The molecule has 10 atom stereocenters. The van der Waals surface area contributed by atoms with E-state index >= 15 is 0 Å². The molecule has 1 fully saturated rings. The van der Waals surface area contributed by atoms with Crippen molar-refractivity contribution in [3.05, 3.63) is 48.6 Å². The highest BCUT2D eigenvalue weighted by Crippen LogP contribution is 2.49. The molecule has 0 aromatic rings. The summed E-state index contributed by atoms with van der Waals surface area (Å²) in [6.07, 6.45) is 17.0. The van der Waals surface area contributed by atoms with Gasteiger partial charge in [-0.25, -0.2) is 9.13 Å². The monoisotopic (exact) mass is 970 g/mol. The van der Waals surface area contributed by atoms with E-state index in [-0.39, 0.29) is 25.7 Å². The summed E-state index contributed by atoms with van der Waals surface area (Å²) in [5.74, 6) is -1.43. The van der Waals surface area contributed by atoms with Crippen LogP contribution in [0.2, 0.25) is 0 Å². The number of ether oxygens (including phenoxy) is 2. The molecule has 1 aliphatic rings. The minimum Gasteiger partial charge on any atom is -0.462 e. The van der Waals surface area contributed by atoms with Gasteiger partial charge >= 0.3 is 27.6 Å². The molecule has 0 spiro atoms. The second-order valence-corrected chi connectivity index (χ2v) is 19.1. The normalized spacial score (nSPS) is 23.1. The van der Waals surface area contributed by atoms with Crippen LogP contribution >= 0.6 is 15.6 Å². The van der Waals surface area contributed by atoms with Gasteiger partial charge in [0, 0.05) is 12.8 Å². The molecule has 0 aliphatic heterocycles. The third-order valence-corrected chi connectivity index (χ3v) is 12.1. The Hall–Kier alpha value is -2.12. The van der Waals surface area contributed by atoms with Gasteiger partial charge in [-0.05, 0) is 32.1 Å². The Kier molecular flexibility index (Phi) is 33.7. The first kappa shape index (κ1) is 60.9. The summed E-state index contributed by atoms with van der Waals surface area (Å²) >= 11 is 0. The SMILES string of the molecule is CCCCCCCCCCCCCCCC(=O)O[C@H](COC(=O)CCC[C@@H](O)/C=C/C=C\C/C=C\C=C\[C@@H](O)CCCCC)COP(=O)(O)O[C@H]1C(O)C(O)C(O)[C@@H](OP(=O)(O)O)C1O. The van der Waals surface area contributed by atoms with Gasteiger partial charge in [0.2, 0.25) is 0 Å². The number of carbonyl (C=O) groups is 2. The van der Waals surface area contributed by atoms with Crippen molar-refractivity contribution in [1.29, 1.82) is 0 Å². The molecule has 20 heteroatoms. The lowest BCUT2D eigenvalue weighted by atomic mass is 9.85. The van der Waals surface area contributed by atoms with Crippen LogP contribution in [-0.4, -0.2) is 125 Å². The zero-order chi connectivity index (χ0) is 48.5. The first-order valence-electron chi connectivity index (χ1n) is 23.4. The van der Waals surface area contributed by atoms with E-state index in [1.807, 2.05) is 24.3 Å². The Morgan fingerprint density at radius 2 is 1.02 bits per heavy atom. The van der Waals surface area contributed by atoms with E-state index in [0.717, 1.165) is 57.8 Å². The lowest BCUT2D eigenvalue weighted by Gasteiger charge is -2.43. The topological polar surface area (TPSA) is 296 Å². The molecule has 0 bridgehead atoms. The summed E-state index contributed by atoms with van der Waals surface area (Å²) in [7, 11) is -10.7. The fraction of sp³-hybridized carbons (Fsp3) is 0.778. The molecule has 0 heterocycles. The van der Waals surface area contributed by atoms with E-state index in [4.69, 9.17) is 28.3 Å². The van der Waals surface area contributed by atoms with Gasteiger partial charge in [0.25, 0.3) is 0 Å². The molecule has 0 aromatic carbocycles.